The average Bonchev–Trinajstić information content (AvgIpc) is 3.30. The highest BCUT2D eigenvalue weighted by Crippen LogP contribution is 2.14. The molecule has 0 aromatic heterocycles. The summed E-state index contributed by atoms with van der Waals surface area (Å²) in [5.74, 6) is -0.943. The lowest BCUT2D eigenvalue weighted by Crippen LogP contribution is -2.30. The molecule has 6 heteroatoms. The van der Waals surface area contributed by atoms with Crippen molar-refractivity contribution in [2.24, 2.45) is 0 Å². The minimum absolute atomic E-state index is 0.0950. The van der Waals surface area contributed by atoms with E-state index < -0.39 is 6.10 Å². The van der Waals surface area contributed by atoms with Crippen molar-refractivity contribution in [1.29, 1.82) is 0 Å². The predicted molar refractivity (Wildman–Crippen MR) is 279 cm³/mol. The van der Waals surface area contributed by atoms with E-state index in [0.717, 1.165) is 109 Å². The first-order valence-corrected chi connectivity index (χ1v) is 27.1. The summed E-state index contributed by atoms with van der Waals surface area (Å²) in [6, 6.07) is 0. The molecular weight excluding hydrogens is 805 g/mol. The van der Waals surface area contributed by atoms with Gasteiger partial charge in [-0.05, 0) is 116 Å². The Labute approximate surface area is 401 Å². The van der Waals surface area contributed by atoms with Crippen molar-refractivity contribution in [3.8, 4) is 0 Å². The number of unbranched alkanes of at least 4 members (excludes halogenated alkanes) is 23. The van der Waals surface area contributed by atoms with E-state index in [9.17, 15) is 14.4 Å². The summed E-state index contributed by atoms with van der Waals surface area (Å²) >= 11 is 0. The Morgan fingerprint density at radius 3 is 0.938 bits per heavy atom. The van der Waals surface area contributed by atoms with Crippen molar-refractivity contribution in [3.05, 3.63) is 85.1 Å². The van der Waals surface area contributed by atoms with Gasteiger partial charge in [0.05, 0.1) is 0 Å². The van der Waals surface area contributed by atoms with E-state index >= 15 is 0 Å². The Kier molecular flexibility index (Phi) is 50.4. The van der Waals surface area contributed by atoms with Crippen molar-refractivity contribution in [2.75, 3.05) is 13.2 Å². The van der Waals surface area contributed by atoms with E-state index in [2.05, 4.69) is 106 Å². The molecule has 0 unspecified atom stereocenters. The molecule has 0 spiro atoms. The van der Waals surface area contributed by atoms with Crippen LogP contribution in [0.15, 0.2) is 85.1 Å². The average molecular weight is 905 g/mol. The van der Waals surface area contributed by atoms with Crippen molar-refractivity contribution >= 4 is 17.9 Å². The number of carbonyl (C=O) groups is 3. The number of allylic oxidation sites excluding steroid dienone is 14. The Morgan fingerprint density at radius 1 is 0.308 bits per heavy atom. The van der Waals surface area contributed by atoms with Gasteiger partial charge in [-0.1, -0.05) is 202 Å². The molecular formula is C59H100O6. The summed E-state index contributed by atoms with van der Waals surface area (Å²) < 4.78 is 16.8. The minimum Gasteiger partial charge on any atom is -0.462 e. The number of esters is 3. The van der Waals surface area contributed by atoms with Crippen LogP contribution >= 0.6 is 0 Å². The quantitative estimate of drug-likeness (QED) is 0.0262. The van der Waals surface area contributed by atoms with Crippen LogP contribution in [-0.4, -0.2) is 37.2 Å². The normalized spacial score (nSPS) is 12.7. The lowest BCUT2D eigenvalue weighted by atomic mass is 10.1. The third kappa shape index (κ3) is 51.4. The van der Waals surface area contributed by atoms with Gasteiger partial charge in [0.15, 0.2) is 6.10 Å². The molecule has 6 nitrogen and oxygen atoms in total. The van der Waals surface area contributed by atoms with Crippen molar-refractivity contribution in [3.63, 3.8) is 0 Å². The molecule has 0 fully saturated rings. The van der Waals surface area contributed by atoms with Crippen molar-refractivity contribution in [2.45, 2.75) is 258 Å². The number of carbonyl (C=O) groups excluding carboxylic acids is 3. The molecule has 0 rings (SSSR count). The maximum Gasteiger partial charge on any atom is 0.306 e. The fourth-order valence-electron chi connectivity index (χ4n) is 7.20. The van der Waals surface area contributed by atoms with Crippen LogP contribution in [0.2, 0.25) is 0 Å². The molecule has 0 saturated carbocycles. The molecule has 0 radical (unpaired) electrons. The van der Waals surface area contributed by atoms with Crippen LogP contribution in [0.25, 0.3) is 0 Å². The van der Waals surface area contributed by atoms with Gasteiger partial charge in [-0.2, -0.15) is 0 Å². The van der Waals surface area contributed by atoms with E-state index in [1.54, 1.807) is 0 Å². The highest BCUT2D eigenvalue weighted by atomic mass is 16.6. The molecule has 1 atom stereocenters. The summed E-state index contributed by atoms with van der Waals surface area (Å²) in [6.45, 7) is 6.50. The smallest absolute Gasteiger partial charge is 0.306 e. The molecule has 372 valence electrons. The van der Waals surface area contributed by atoms with Crippen molar-refractivity contribution in [1.82, 2.24) is 0 Å². The number of rotatable bonds is 48. The Balaban J connectivity index is 4.44. The van der Waals surface area contributed by atoms with Gasteiger partial charge in [0, 0.05) is 19.3 Å². The van der Waals surface area contributed by atoms with Crippen LogP contribution < -0.4 is 0 Å². The third-order valence-corrected chi connectivity index (χ3v) is 11.3. The van der Waals surface area contributed by atoms with Crippen LogP contribution in [0.5, 0.6) is 0 Å². The second kappa shape index (κ2) is 53.2. The number of hydrogen-bond donors (Lipinski definition) is 0. The lowest BCUT2D eigenvalue weighted by molar-refractivity contribution is -0.167. The van der Waals surface area contributed by atoms with Gasteiger partial charge in [-0.25, -0.2) is 0 Å². The Hall–Kier alpha value is -3.41. The highest BCUT2D eigenvalue weighted by Gasteiger charge is 2.19. The summed E-state index contributed by atoms with van der Waals surface area (Å²) in [5.41, 5.74) is 0. The van der Waals surface area contributed by atoms with Crippen LogP contribution in [0.4, 0.5) is 0 Å². The molecule has 0 amide bonds. The standard InChI is InChI=1S/C59H100O6/c1-4-7-10-13-16-19-22-24-26-28-29-31-32-34-37-40-43-46-49-52-58(61)64-55-56(54-63-57(60)51-48-45-42-39-36-21-18-15-12-9-6-3)65-59(62)53-50-47-44-41-38-35-33-30-27-25-23-20-17-14-11-8-5-2/h15-20,24-27,29,31,34,37,56H,4-14,21-23,28,30,32-33,35-36,38-55H2,1-3H3/b18-15-,19-16-,20-17-,26-24-,27-25-,31-29-,37-34-/t56-/m1/s1. The summed E-state index contributed by atoms with van der Waals surface area (Å²) in [5, 5.41) is 0. The first-order chi connectivity index (χ1) is 32.0. The summed E-state index contributed by atoms with van der Waals surface area (Å²) in [7, 11) is 0. The fourth-order valence-corrected chi connectivity index (χ4v) is 7.20. The van der Waals surface area contributed by atoms with Gasteiger partial charge < -0.3 is 14.2 Å². The molecule has 0 aliphatic heterocycles. The van der Waals surface area contributed by atoms with E-state index in [-0.39, 0.29) is 31.1 Å². The monoisotopic (exact) mass is 905 g/mol. The Bertz CT molecular complexity index is 1270. The summed E-state index contributed by atoms with van der Waals surface area (Å²) in [4.78, 5) is 38.0. The largest absolute Gasteiger partial charge is 0.462 e. The molecule has 0 heterocycles. The van der Waals surface area contributed by atoms with E-state index in [1.165, 1.54) is 103 Å². The van der Waals surface area contributed by atoms with Gasteiger partial charge in [-0.3, -0.25) is 14.4 Å². The van der Waals surface area contributed by atoms with Gasteiger partial charge in [0.25, 0.3) is 0 Å². The minimum atomic E-state index is -0.797. The van der Waals surface area contributed by atoms with Gasteiger partial charge in [0.1, 0.15) is 13.2 Å². The van der Waals surface area contributed by atoms with Crippen LogP contribution in [0.3, 0.4) is 0 Å². The highest BCUT2D eigenvalue weighted by molar-refractivity contribution is 5.71. The van der Waals surface area contributed by atoms with Gasteiger partial charge in [-0.15, -0.1) is 0 Å². The van der Waals surface area contributed by atoms with Gasteiger partial charge in [0.2, 0.25) is 0 Å². The van der Waals surface area contributed by atoms with Crippen LogP contribution in [0, 0.1) is 0 Å². The molecule has 0 aliphatic rings. The molecule has 65 heavy (non-hydrogen) atoms. The van der Waals surface area contributed by atoms with E-state index in [1.807, 2.05) is 0 Å². The molecule has 0 aliphatic carbocycles. The predicted octanol–water partition coefficient (Wildman–Crippen LogP) is 18.0. The van der Waals surface area contributed by atoms with Crippen molar-refractivity contribution < 1.29 is 28.6 Å². The molecule has 0 bridgehead atoms. The summed E-state index contributed by atoms with van der Waals surface area (Å²) in [6.07, 6.45) is 68.5. The first kappa shape index (κ1) is 61.6. The SMILES string of the molecule is CCCC/C=C\CCCCCCCC(=O)OC[C@H](COC(=O)CCCCC/C=C\C/C=C\C/C=C\C/C=C\CCCCC)OC(=O)CCCCCCCCC/C=C\C/C=C\CCCCC. The third-order valence-electron chi connectivity index (χ3n) is 11.3. The van der Waals surface area contributed by atoms with Crippen LogP contribution in [-0.2, 0) is 28.6 Å². The molecule has 0 aromatic carbocycles. The van der Waals surface area contributed by atoms with Crippen LogP contribution in [0.1, 0.15) is 252 Å². The number of ether oxygens (including phenoxy) is 3. The molecule has 0 aromatic rings. The fraction of sp³-hybridized carbons (Fsp3) is 0.712. The maximum absolute atomic E-state index is 12.8. The topological polar surface area (TPSA) is 78.9 Å². The zero-order valence-corrected chi connectivity index (χ0v) is 42.5. The van der Waals surface area contributed by atoms with E-state index in [4.69, 9.17) is 14.2 Å². The first-order valence-electron chi connectivity index (χ1n) is 27.1. The maximum atomic E-state index is 12.8. The number of hydrogen-bond acceptors (Lipinski definition) is 6. The zero-order valence-electron chi connectivity index (χ0n) is 42.5. The second-order valence-electron chi connectivity index (χ2n) is 17.8. The zero-order chi connectivity index (χ0) is 47.2. The lowest BCUT2D eigenvalue weighted by Gasteiger charge is -2.18. The second-order valence-corrected chi connectivity index (χ2v) is 17.8. The molecule has 0 saturated heterocycles. The van der Waals surface area contributed by atoms with E-state index in [0.29, 0.717) is 19.3 Å². The Morgan fingerprint density at radius 2 is 0.569 bits per heavy atom. The molecule has 0 N–H and O–H groups in total. The van der Waals surface area contributed by atoms with Gasteiger partial charge >= 0.3 is 17.9 Å².